The van der Waals surface area contributed by atoms with Crippen LogP contribution in [0.5, 0.6) is 0 Å². The van der Waals surface area contributed by atoms with Gasteiger partial charge in [0.15, 0.2) is 11.2 Å². The molecule has 0 bridgehead atoms. The lowest BCUT2D eigenvalue weighted by atomic mass is 10.0. The lowest BCUT2D eigenvalue weighted by Crippen LogP contribution is -2.23. The van der Waals surface area contributed by atoms with Crippen LogP contribution in [0.4, 0.5) is 0 Å². The number of carbonyl (C=O) groups is 1. The summed E-state index contributed by atoms with van der Waals surface area (Å²) in [5, 5.41) is 19.8. The predicted octanol–water partition coefficient (Wildman–Crippen LogP) is 0.686. The molecule has 1 amide bonds. The molecule has 3 rings (SSSR count). The summed E-state index contributed by atoms with van der Waals surface area (Å²) in [6.45, 7) is -0.0272. The second-order valence-corrected chi connectivity index (χ2v) is 6.12. The van der Waals surface area contributed by atoms with Gasteiger partial charge >= 0.3 is 0 Å². The molecule has 0 saturated carbocycles. The average Bonchev–Trinajstić information content (AvgIpc) is 2.92. The lowest BCUT2D eigenvalue weighted by molar-refractivity contribution is -0.114. The Balaban J connectivity index is 2.36. The van der Waals surface area contributed by atoms with Crippen LogP contribution >= 0.6 is 0 Å². The Labute approximate surface area is 149 Å². The van der Waals surface area contributed by atoms with E-state index in [-0.39, 0.29) is 17.3 Å². The minimum atomic E-state index is -0.953. The third-order valence-corrected chi connectivity index (χ3v) is 4.39. The van der Waals surface area contributed by atoms with Crippen LogP contribution in [-0.4, -0.2) is 27.1 Å². The maximum absolute atomic E-state index is 11.9. The Kier molecular flexibility index (Phi) is 5.04. The molecule has 0 radical (unpaired) electrons. The van der Waals surface area contributed by atoms with Crippen LogP contribution in [0, 0.1) is 0 Å². The smallest absolute Gasteiger partial charge is 0.284 e. The van der Waals surface area contributed by atoms with E-state index in [2.05, 4.69) is 0 Å². The predicted molar refractivity (Wildman–Crippen MR) is 98.8 cm³/mol. The van der Waals surface area contributed by atoms with Crippen LogP contribution in [0.25, 0.3) is 11.3 Å². The molecule has 0 atom stereocenters. The number of carbonyl (C=O) groups excluding carboxylic acids is 1. The highest BCUT2D eigenvalue weighted by Gasteiger charge is 2.19. The number of fused-ring (bicyclic) bond motifs is 1. The van der Waals surface area contributed by atoms with Crippen molar-refractivity contribution in [1.29, 1.82) is 0 Å². The first-order valence-corrected chi connectivity index (χ1v) is 8.36. The Morgan fingerprint density at radius 3 is 2.54 bits per heavy atom. The molecule has 0 aliphatic heterocycles. The molecule has 0 fully saturated rings. The van der Waals surface area contributed by atoms with E-state index < -0.39 is 11.7 Å². The number of primary amides is 1. The van der Waals surface area contributed by atoms with Crippen molar-refractivity contribution in [2.45, 2.75) is 19.3 Å². The molecule has 2 aromatic heterocycles. The molecule has 6 nitrogen and oxygen atoms in total. The summed E-state index contributed by atoms with van der Waals surface area (Å²) in [6, 6.07) is 12.6. The van der Waals surface area contributed by atoms with Crippen LogP contribution < -0.4 is 16.4 Å². The van der Waals surface area contributed by atoms with Gasteiger partial charge in [-0.1, -0.05) is 30.3 Å². The molecule has 134 valence electrons. The van der Waals surface area contributed by atoms with Crippen molar-refractivity contribution >= 4 is 17.2 Å². The zero-order valence-corrected chi connectivity index (χ0v) is 14.2. The number of rotatable bonds is 6. The highest BCUT2D eigenvalue weighted by Crippen LogP contribution is 2.18. The Bertz CT molecular complexity index is 1050. The second kappa shape index (κ2) is 7.41. The first-order valence-electron chi connectivity index (χ1n) is 8.36. The third kappa shape index (κ3) is 3.32. The number of hydrogen-bond acceptors (Lipinski definition) is 4. The van der Waals surface area contributed by atoms with Crippen LogP contribution in [0.2, 0.25) is 0 Å². The molecule has 6 heteroatoms. The molecule has 0 aliphatic carbocycles. The molecule has 26 heavy (non-hydrogen) atoms. The minimum absolute atomic E-state index is 0.0272. The highest BCUT2D eigenvalue weighted by atomic mass is 16.3. The summed E-state index contributed by atoms with van der Waals surface area (Å²) in [6.07, 6.45) is 3.09. The van der Waals surface area contributed by atoms with Gasteiger partial charge in [0.1, 0.15) is 0 Å². The topological polar surface area (TPSA) is 105 Å². The Morgan fingerprint density at radius 2 is 1.88 bits per heavy atom. The van der Waals surface area contributed by atoms with Gasteiger partial charge in [-0.05, 0) is 24.0 Å². The summed E-state index contributed by atoms with van der Waals surface area (Å²) in [7, 11) is 0. The van der Waals surface area contributed by atoms with Gasteiger partial charge in [0.2, 0.25) is 0 Å². The molecular weight excluding hydrogens is 332 g/mol. The van der Waals surface area contributed by atoms with E-state index >= 15 is 0 Å². The first kappa shape index (κ1) is 17.7. The fourth-order valence-corrected chi connectivity index (χ4v) is 3.25. The molecule has 0 aliphatic rings. The number of aromatic nitrogens is 1. The maximum Gasteiger partial charge on any atom is 0.284 e. The summed E-state index contributed by atoms with van der Waals surface area (Å²) in [5.41, 5.74) is 8.11. The number of amides is 1. The molecule has 0 saturated heterocycles. The average molecular weight is 352 g/mol. The zero-order chi connectivity index (χ0) is 18.7. The number of pyridine rings is 1. The number of nitrogens with zero attached hydrogens (tertiary/aromatic N) is 1. The van der Waals surface area contributed by atoms with Crippen molar-refractivity contribution < 1.29 is 15.0 Å². The van der Waals surface area contributed by atoms with E-state index in [4.69, 9.17) is 5.73 Å². The molecular formula is C20H20N2O4. The van der Waals surface area contributed by atoms with E-state index in [1.54, 1.807) is 10.6 Å². The van der Waals surface area contributed by atoms with E-state index in [9.17, 15) is 19.8 Å². The van der Waals surface area contributed by atoms with Crippen molar-refractivity contribution in [2.24, 2.45) is 5.73 Å². The number of benzene rings is 1. The number of hydrogen-bond donors (Lipinski definition) is 3. The van der Waals surface area contributed by atoms with Crippen LogP contribution in [-0.2, 0) is 17.6 Å². The van der Waals surface area contributed by atoms with Crippen molar-refractivity contribution in [2.75, 3.05) is 6.61 Å². The Hall–Kier alpha value is -3.12. The standard InChI is InChI=1S/C20H20N2O4/c21-20(26)19(25)18-15(7-4-10-23)16(11-13-5-2-1-3-6-13)22-9-8-14(24)12-17(18)22/h1-3,5-6,8-9,12,23,25H,4,7,10-11H2,(H2,21,26). The molecule has 0 spiro atoms. The van der Waals surface area contributed by atoms with Crippen molar-refractivity contribution in [3.8, 4) is 0 Å². The summed E-state index contributed by atoms with van der Waals surface area (Å²) < 4.78 is 1.80. The zero-order valence-electron chi connectivity index (χ0n) is 14.2. The van der Waals surface area contributed by atoms with Crippen LogP contribution in [0.15, 0.2) is 53.5 Å². The van der Waals surface area contributed by atoms with Crippen LogP contribution in [0.1, 0.15) is 23.2 Å². The van der Waals surface area contributed by atoms with Crippen molar-refractivity contribution in [3.05, 3.63) is 80.9 Å². The van der Waals surface area contributed by atoms with Gasteiger partial charge in [-0.2, -0.15) is 0 Å². The quantitative estimate of drug-likeness (QED) is 0.607. The van der Waals surface area contributed by atoms with E-state index in [0.717, 1.165) is 11.3 Å². The summed E-state index contributed by atoms with van der Waals surface area (Å²) in [4.78, 5) is 23.5. The minimum Gasteiger partial charge on any atom is -0.503 e. The van der Waals surface area contributed by atoms with Crippen molar-refractivity contribution in [1.82, 2.24) is 4.40 Å². The number of aliphatic hydroxyl groups excluding tert-OH is 2. The van der Waals surface area contributed by atoms with Gasteiger partial charge < -0.3 is 20.3 Å². The number of nitrogens with two attached hydrogens (primary N) is 1. The fraction of sp³-hybridized carbons (Fsp3) is 0.200. The van der Waals surface area contributed by atoms with Gasteiger partial charge in [-0.3, -0.25) is 9.59 Å². The SMILES string of the molecule is NC(=O)C(O)=c1c(CCCO)c(Cc2ccccc2)n2ccc(=O)cc12. The number of aliphatic hydroxyl groups is 2. The van der Waals surface area contributed by atoms with Gasteiger partial charge in [0, 0.05) is 37.1 Å². The van der Waals surface area contributed by atoms with E-state index in [1.807, 2.05) is 30.3 Å². The highest BCUT2D eigenvalue weighted by molar-refractivity contribution is 6.09. The summed E-state index contributed by atoms with van der Waals surface area (Å²) >= 11 is 0. The monoisotopic (exact) mass is 352 g/mol. The maximum atomic E-state index is 11.9. The van der Waals surface area contributed by atoms with Gasteiger partial charge in [0.25, 0.3) is 5.91 Å². The molecule has 0 unspecified atom stereocenters. The normalized spacial score (nSPS) is 12.3. The molecule has 4 N–H and O–H groups in total. The van der Waals surface area contributed by atoms with Gasteiger partial charge in [0.05, 0.1) is 10.7 Å². The third-order valence-electron chi connectivity index (χ3n) is 4.39. The van der Waals surface area contributed by atoms with Crippen molar-refractivity contribution in [3.63, 3.8) is 0 Å². The molecule has 1 aromatic carbocycles. The fourth-order valence-electron chi connectivity index (χ4n) is 3.25. The summed E-state index contributed by atoms with van der Waals surface area (Å²) in [5.74, 6) is -1.52. The van der Waals surface area contributed by atoms with Gasteiger partial charge in [-0.15, -0.1) is 0 Å². The van der Waals surface area contributed by atoms with Gasteiger partial charge in [-0.25, -0.2) is 0 Å². The first-order chi connectivity index (χ1) is 12.5. The van der Waals surface area contributed by atoms with E-state index in [1.165, 1.54) is 12.1 Å². The Morgan fingerprint density at radius 1 is 1.15 bits per heavy atom. The lowest BCUT2D eigenvalue weighted by Gasteiger charge is -2.07. The van der Waals surface area contributed by atoms with Crippen LogP contribution in [0.3, 0.4) is 0 Å². The van der Waals surface area contributed by atoms with E-state index in [0.29, 0.717) is 30.3 Å². The molecule has 2 heterocycles. The second-order valence-electron chi connectivity index (χ2n) is 6.12. The molecule has 3 aromatic rings. The largest absolute Gasteiger partial charge is 0.503 e.